The third-order valence-electron chi connectivity index (χ3n) is 1.91. The molecule has 86 valence electrons. The standard InChI is InChI=1S/C11H13NO4/c1-9(15)12(6-7-13)16-11-5-3-2-4-10(11)8-14/h2-5,8,13H,6-7H2,1H3. The second-order valence-electron chi connectivity index (χ2n) is 3.09. The van der Waals surface area contributed by atoms with E-state index in [0.717, 1.165) is 5.06 Å². The van der Waals surface area contributed by atoms with Gasteiger partial charge >= 0.3 is 0 Å². The van der Waals surface area contributed by atoms with E-state index in [2.05, 4.69) is 0 Å². The van der Waals surface area contributed by atoms with Crippen molar-refractivity contribution in [3.05, 3.63) is 29.8 Å². The van der Waals surface area contributed by atoms with E-state index < -0.39 is 0 Å². The van der Waals surface area contributed by atoms with Crippen LogP contribution in [0.5, 0.6) is 5.75 Å². The molecule has 0 saturated carbocycles. The largest absolute Gasteiger partial charge is 0.394 e. The first-order chi connectivity index (χ1) is 7.69. The monoisotopic (exact) mass is 223 g/mol. The van der Waals surface area contributed by atoms with Crippen molar-refractivity contribution in [2.24, 2.45) is 0 Å². The molecule has 0 aliphatic carbocycles. The first-order valence-corrected chi connectivity index (χ1v) is 4.80. The molecule has 0 bridgehead atoms. The Morgan fingerprint density at radius 1 is 1.50 bits per heavy atom. The van der Waals surface area contributed by atoms with Crippen LogP contribution in [-0.4, -0.2) is 35.5 Å². The summed E-state index contributed by atoms with van der Waals surface area (Å²) in [4.78, 5) is 27.1. The molecule has 0 atom stereocenters. The molecule has 0 radical (unpaired) electrons. The number of aliphatic hydroxyl groups excluding tert-OH is 1. The number of benzene rings is 1. The van der Waals surface area contributed by atoms with Crippen LogP contribution < -0.4 is 4.84 Å². The number of hydrogen-bond acceptors (Lipinski definition) is 4. The summed E-state index contributed by atoms with van der Waals surface area (Å²) in [5, 5.41) is 9.75. The minimum atomic E-state index is -0.338. The van der Waals surface area contributed by atoms with Crippen molar-refractivity contribution in [2.75, 3.05) is 13.2 Å². The highest BCUT2D eigenvalue weighted by atomic mass is 16.7. The number of carbonyl (C=O) groups excluding carboxylic acids is 2. The maximum absolute atomic E-state index is 11.1. The van der Waals surface area contributed by atoms with Gasteiger partial charge in [-0.25, -0.2) is 0 Å². The maximum Gasteiger partial charge on any atom is 0.252 e. The van der Waals surface area contributed by atoms with Gasteiger partial charge in [0.2, 0.25) is 0 Å². The van der Waals surface area contributed by atoms with Crippen LogP contribution in [0.4, 0.5) is 0 Å². The quantitative estimate of drug-likeness (QED) is 0.587. The maximum atomic E-state index is 11.1. The molecule has 0 heterocycles. The molecule has 1 aromatic rings. The number of amides is 1. The first-order valence-electron chi connectivity index (χ1n) is 4.80. The van der Waals surface area contributed by atoms with Gasteiger partial charge in [0.25, 0.3) is 5.91 Å². The van der Waals surface area contributed by atoms with Crippen LogP contribution in [0.1, 0.15) is 17.3 Å². The van der Waals surface area contributed by atoms with Crippen LogP contribution in [0.15, 0.2) is 24.3 Å². The number of aliphatic hydroxyl groups is 1. The average molecular weight is 223 g/mol. The average Bonchev–Trinajstić information content (AvgIpc) is 2.29. The molecule has 0 fully saturated rings. The fraction of sp³-hybridized carbons (Fsp3) is 0.273. The molecule has 5 heteroatoms. The highest BCUT2D eigenvalue weighted by molar-refractivity contribution is 5.79. The van der Waals surface area contributed by atoms with E-state index in [-0.39, 0.29) is 19.1 Å². The summed E-state index contributed by atoms with van der Waals surface area (Å²) in [7, 11) is 0. The Morgan fingerprint density at radius 3 is 2.75 bits per heavy atom. The Kier molecular flexibility index (Phi) is 4.47. The third kappa shape index (κ3) is 3.06. The van der Waals surface area contributed by atoms with Crippen molar-refractivity contribution in [1.29, 1.82) is 0 Å². The molecule has 5 nitrogen and oxygen atoms in total. The summed E-state index contributed by atoms with van der Waals surface area (Å²) >= 11 is 0. The lowest BCUT2D eigenvalue weighted by Gasteiger charge is -2.20. The zero-order valence-electron chi connectivity index (χ0n) is 8.92. The Bertz CT molecular complexity index is 378. The SMILES string of the molecule is CC(=O)N(CCO)Oc1ccccc1C=O. The third-order valence-corrected chi connectivity index (χ3v) is 1.91. The minimum Gasteiger partial charge on any atom is -0.394 e. The van der Waals surface area contributed by atoms with Gasteiger partial charge in [0.05, 0.1) is 18.7 Å². The van der Waals surface area contributed by atoms with Crippen molar-refractivity contribution >= 4 is 12.2 Å². The van der Waals surface area contributed by atoms with E-state index in [4.69, 9.17) is 9.94 Å². The van der Waals surface area contributed by atoms with Crippen LogP contribution in [0.25, 0.3) is 0 Å². The highest BCUT2D eigenvalue weighted by Crippen LogP contribution is 2.16. The summed E-state index contributed by atoms with van der Waals surface area (Å²) < 4.78 is 0. The second kappa shape index (κ2) is 5.87. The Balaban J connectivity index is 2.84. The first kappa shape index (κ1) is 12.2. The fourth-order valence-electron chi connectivity index (χ4n) is 1.14. The number of rotatable bonds is 5. The predicted molar refractivity (Wildman–Crippen MR) is 56.9 cm³/mol. The van der Waals surface area contributed by atoms with E-state index >= 15 is 0 Å². The smallest absolute Gasteiger partial charge is 0.252 e. The summed E-state index contributed by atoms with van der Waals surface area (Å²) in [6.45, 7) is 1.17. The van der Waals surface area contributed by atoms with Crippen LogP contribution >= 0.6 is 0 Å². The fourth-order valence-corrected chi connectivity index (χ4v) is 1.14. The Labute approximate surface area is 93.2 Å². The molecule has 0 saturated heterocycles. The van der Waals surface area contributed by atoms with Gasteiger partial charge in [0, 0.05) is 6.92 Å². The van der Waals surface area contributed by atoms with E-state index in [0.29, 0.717) is 17.6 Å². The Hall–Kier alpha value is -1.88. The number of carbonyl (C=O) groups is 2. The summed E-state index contributed by atoms with van der Waals surface area (Å²) in [5.74, 6) is -0.0455. The van der Waals surface area contributed by atoms with Crippen LogP contribution in [0, 0.1) is 0 Å². The van der Waals surface area contributed by atoms with Gasteiger partial charge in [0.15, 0.2) is 12.0 Å². The predicted octanol–water partition coefficient (Wildman–Crippen LogP) is 0.634. The number of para-hydroxylation sites is 1. The van der Waals surface area contributed by atoms with Crippen molar-refractivity contribution in [1.82, 2.24) is 5.06 Å². The van der Waals surface area contributed by atoms with Gasteiger partial charge in [-0.1, -0.05) is 12.1 Å². The molecule has 1 rings (SSSR count). The zero-order valence-corrected chi connectivity index (χ0v) is 8.92. The molecular formula is C11H13NO4. The molecule has 0 aliphatic rings. The molecule has 1 amide bonds. The van der Waals surface area contributed by atoms with Crippen LogP contribution in [0.2, 0.25) is 0 Å². The van der Waals surface area contributed by atoms with Crippen LogP contribution in [0.3, 0.4) is 0 Å². The van der Waals surface area contributed by atoms with Crippen molar-refractivity contribution in [3.8, 4) is 5.75 Å². The molecular weight excluding hydrogens is 210 g/mol. The lowest BCUT2D eigenvalue weighted by Crippen LogP contribution is -2.34. The van der Waals surface area contributed by atoms with Gasteiger partial charge in [-0.2, -0.15) is 5.06 Å². The number of aldehydes is 1. The van der Waals surface area contributed by atoms with Gasteiger partial charge < -0.3 is 9.94 Å². The number of hydroxylamine groups is 2. The molecule has 0 unspecified atom stereocenters. The van der Waals surface area contributed by atoms with Gasteiger partial charge in [0.1, 0.15) is 0 Å². The molecule has 1 N–H and O–H groups in total. The van der Waals surface area contributed by atoms with Crippen molar-refractivity contribution in [2.45, 2.75) is 6.92 Å². The lowest BCUT2D eigenvalue weighted by atomic mass is 10.2. The summed E-state index contributed by atoms with van der Waals surface area (Å²) in [6.07, 6.45) is 0.645. The molecule has 0 spiro atoms. The highest BCUT2D eigenvalue weighted by Gasteiger charge is 2.12. The molecule has 16 heavy (non-hydrogen) atoms. The number of hydrogen-bond donors (Lipinski definition) is 1. The molecule has 0 aromatic heterocycles. The van der Waals surface area contributed by atoms with E-state index in [1.165, 1.54) is 6.92 Å². The minimum absolute atomic E-state index is 0.0581. The summed E-state index contributed by atoms with van der Waals surface area (Å²) in [5.41, 5.74) is 0.353. The van der Waals surface area contributed by atoms with Crippen molar-refractivity contribution in [3.63, 3.8) is 0 Å². The van der Waals surface area contributed by atoms with E-state index in [1.807, 2.05) is 0 Å². The normalized spacial score (nSPS) is 9.62. The van der Waals surface area contributed by atoms with E-state index in [9.17, 15) is 9.59 Å². The van der Waals surface area contributed by atoms with Crippen molar-refractivity contribution < 1.29 is 19.5 Å². The summed E-state index contributed by atoms with van der Waals surface area (Å²) in [6, 6.07) is 6.55. The van der Waals surface area contributed by atoms with Gasteiger partial charge in [-0.15, -0.1) is 0 Å². The second-order valence-corrected chi connectivity index (χ2v) is 3.09. The lowest BCUT2D eigenvalue weighted by molar-refractivity contribution is -0.156. The van der Waals surface area contributed by atoms with Crippen LogP contribution in [-0.2, 0) is 4.79 Å². The zero-order chi connectivity index (χ0) is 12.0. The topological polar surface area (TPSA) is 66.8 Å². The molecule has 0 aliphatic heterocycles. The van der Waals surface area contributed by atoms with Gasteiger partial charge in [-0.3, -0.25) is 9.59 Å². The number of nitrogens with zero attached hydrogens (tertiary/aromatic N) is 1. The van der Waals surface area contributed by atoms with E-state index in [1.54, 1.807) is 24.3 Å². The van der Waals surface area contributed by atoms with Gasteiger partial charge in [-0.05, 0) is 12.1 Å². The molecule has 1 aromatic carbocycles. The Morgan fingerprint density at radius 2 is 2.19 bits per heavy atom.